The predicted molar refractivity (Wildman–Crippen MR) is 272 cm³/mol. The molecule has 1 heterocycles. The number of pyridine rings is 1. The van der Waals surface area contributed by atoms with Crippen molar-refractivity contribution in [3.05, 3.63) is 166 Å². The third-order valence-electron chi connectivity index (χ3n) is 10.0. The van der Waals surface area contributed by atoms with Gasteiger partial charge in [-0.15, -0.1) is 11.8 Å². The number of aromatic carboxylic acids is 5. The van der Waals surface area contributed by atoms with Gasteiger partial charge in [0.05, 0.1) is 68.5 Å². The molecule has 6 aromatic rings. The van der Waals surface area contributed by atoms with Crippen molar-refractivity contribution in [1.29, 1.82) is 0 Å². The number of sulfone groups is 3. The Morgan fingerprint density at radius 2 is 0.909 bits per heavy atom. The van der Waals surface area contributed by atoms with Crippen LogP contribution in [0.4, 0.5) is 27.1 Å². The largest absolute Gasteiger partial charge is 0.478 e. The summed E-state index contributed by atoms with van der Waals surface area (Å²) < 4.78 is 80.9. The Kier molecular flexibility index (Phi) is 21.6. The molecule has 0 aliphatic rings. The summed E-state index contributed by atoms with van der Waals surface area (Å²) in [5, 5.41) is 75.3. The second-order valence-electron chi connectivity index (χ2n) is 15.4. The number of fused-ring (bicyclic) bond motifs is 1. The van der Waals surface area contributed by atoms with E-state index in [1.165, 1.54) is 48.2 Å². The summed E-state index contributed by atoms with van der Waals surface area (Å²) >= 11 is 1.21. The lowest BCUT2D eigenvalue weighted by Crippen LogP contribution is -2.07. The number of aromatic nitrogens is 1. The summed E-state index contributed by atoms with van der Waals surface area (Å²) in [5.41, 5.74) is 5.47. The number of nitrogens with zero attached hydrogens (tertiary/aromatic N) is 4. The van der Waals surface area contributed by atoms with Gasteiger partial charge in [-0.25, -0.2) is 49.2 Å². The number of thioether (sulfide) groups is 1. The Morgan fingerprint density at radius 3 is 1.30 bits per heavy atom. The number of aryl methyl sites for hydroxylation is 2. The summed E-state index contributed by atoms with van der Waals surface area (Å²) in [6.45, 7) is 5.40. The lowest BCUT2D eigenvalue weighted by molar-refractivity contribution is -0.388. The first-order valence-corrected chi connectivity index (χ1v) is 27.3. The molecule has 27 nitrogen and oxygen atoms in total. The number of halogens is 1. The van der Waals surface area contributed by atoms with E-state index in [-0.39, 0.29) is 54.5 Å². The smallest absolute Gasteiger partial charge is 0.336 e. The molecule has 1 aromatic heterocycles. The molecule has 0 radical (unpaired) electrons. The fraction of sp³-hybridized carbons (Fsp3) is 0.156. The number of carboxylic acids is 5. The first-order valence-electron chi connectivity index (χ1n) is 20.4. The highest BCUT2D eigenvalue weighted by molar-refractivity contribution is 7.98. The number of anilines is 1. The SMILES string of the molecule is CS(=O)(=O)c1ccc(C(=O)O)cc1N.CS(=O)(=O)c1ccc(C(=O)O)cc1[N+](=O)[O-].CSc1ccc(C(=O)O)cc1[N+](=O)[O-].Cc1nc2c(S(C)(=O)=O)ccc(C(=O)O)c2c(C)c1C.O=C(O)c1ccc(F)c([N+](=O)[O-])c1. The van der Waals surface area contributed by atoms with Crippen LogP contribution in [0.5, 0.6) is 0 Å². The second kappa shape index (κ2) is 26.0. The van der Waals surface area contributed by atoms with Crippen molar-refractivity contribution in [2.75, 3.05) is 30.8 Å². The van der Waals surface area contributed by atoms with Gasteiger partial charge in [0.2, 0.25) is 5.82 Å². The molecule has 0 aliphatic carbocycles. The molecule has 32 heteroatoms. The molecule has 0 saturated heterocycles. The van der Waals surface area contributed by atoms with Crippen LogP contribution in [0.2, 0.25) is 0 Å². The van der Waals surface area contributed by atoms with Crippen molar-refractivity contribution in [2.45, 2.75) is 40.4 Å². The van der Waals surface area contributed by atoms with Crippen LogP contribution in [0, 0.1) is 56.9 Å². The summed E-state index contributed by atoms with van der Waals surface area (Å²) in [6.07, 6.45) is 4.62. The van der Waals surface area contributed by atoms with E-state index in [1.807, 2.05) is 6.92 Å². The topological polar surface area (TPSA) is 457 Å². The summed E-state index contributed by atoms with van der Waals surface area (Å²) in [7, 11) is -10.6. The monoisotopic (exact) mass is 1150 g/mol. The van der Waals surface area contributed by atoms with Gasteiger partial charge in [0, 0.05) is 48.0 Å². The van der Waals surface area contributed by atoms with Crippen LogP contribution in [0.15, 0.2) is 105 Å². The van der Waals surface area contributed by atoms with Gasteiger partial charge < -0.3 is 31.3 Å². The number of carboxylic acid groups (broad SMARTS) is 5. The summed E-state index contributed by atoms with van der Waals surface area (Å²) in [4.78, 5) is 86.4. The second-order valence-corrected chi connectivity index (χ2v) is 22.2. The molecular weight excluding hydrogens is 1110 g/mol. The number of hydrogen-bond acceptors (Lipinski definition) is 20. The Morgan fingerprint density at radius 1 is 0.532 bits per heavy atom. The van der Waals surface area contributed by atoms with Crippen molar-refractivity contribution in [2.24, 2.45) is 0 Å². The van der Waals surface area contributed by atoms with E-state index in [0.29, 0.717) is 22.0 Å². The lowest BCUT2D eigenvalue weighted by atomic mass is 9.99. The quantitative estimate of drug-likeness (QED) is 0.0318. The van der Waals surface area contributed by atoms with Crippen LogP contribution < -0.4 is 5.73 Å². The Labute approximate surface area is 438 Å². The fourth-order valence-corrected chi connectivity index (χ4v) is 9.12. The summed E-state index contributed by atoms with van der Waals surface area (Å²) in [6, 6.07) is 15.0. The minimum atomic E-state index is -3.76. The zero-order valence-corrected chi connectivity index (χ0v) is 43.9. The van der Waals surface area contributed by atoms with Crippen LogP contribution >= 0.6 is 11.8 Å². The van der Waals surface area contributed by atoms with Crippen molar-refractivity contribution in [3.8, 4) is 0 Å². The van der Waals surface area contributed by atoms with Gasteiger partial charge in [-0.2, -0.15) is 4.39 Å². The molecule has 0 aliphatic heterocycles. The Balaban J connectivity index is 0.000000332. The fourth-order valence-electron chi connectivity index (χ4n) is 6.13. The number of benzene rings is 5. The molecule has 0 atom stereocenters. The molecule has 5 aromatic carbocycles. The van der Waals surface area contributed by atoms with E-state index in [9.17, 15) is 89.1 Å². The van der Waals surface area contributed by atoms with Gasteiger partial charge in [0.15, 0.2) is 29.5 Å². The maximum atomic E-state index is 12.6. The van der Waals surface area contributed by atoms with Crippen molar-refractivity contribution in [3.63, 3.8) is 0 Å². The van der Waals surface area contributed by atoms with E-state index in [0.717, 1.165) is 72.4 Å². The summed E-state index contributed by atoms with van der Waals surface area (Å²) in [5.74, 6) is -7.14. The number of rotatable bonds is 12. The third-order valence-corrected chi connectivity index (χ3v) is 14.2. The highest BCUT2D eigenvalue weighted by Crippen LogP contribution is 2.31. The van der Waals surface area contributed by atoms with E-state index in [4.69, 9.17) is 26.2 Å². The number of nitrogens with two attached hydrogens (primary N) is 1. The molecular formula is C45H42FN5O22S4. The van der Waals surface area contributed by atoms with Gasteiger partial charge >= 0.3 is 35.5 Å². The van der Waals surface area contributed by atoms with Gasteiger partial charge in [-0.05, 0) is 105 Å². The van der Waals surface area contributed by atoms with Gasteiger partial charge in [0.1, 0.15) is 4.90 Å². The minimum Gasteiger partial charge on any atom is -0.478 e. The van der Waals surface area contributed by atoms with E-state index in [2.05, 4.69) is 4.98 Å². The number of nitro benzene ring substituents is 3. The average molecular weight is 1150 g/mol. The van der Waals surface area contributed by atoms with Crippen LogP contribution in [0.25, 0.3) is 10.9 Å². The Hall–Kier alpha value is -9.01. The highest BCUT2D eigenvalue weighted by atomic mass is 32.2. The lowest BCUT2D eigenvalue weighted by Gasteiger charge is -2.13. The van der Waals surface area contributed by atoms with Crippen molar-refractivity contribution < 1.29 is 93.9 Å². The van der Waals surface area contributed by atoms with E-state index < -0.39 is 96.2 Å². The van der Waals surface area contributed by atoms with Gasteiger partial charge in [0.25, 0.3) is 11.4 Å². The molecule has 0 spiro atoms. The molecule has 0 saturated carbocycles. The minimum absolute atomic E-state index is 0.0325. The van der Waals surface area contributed by atoms with Crippen LogP contribution in [0.3, 0.4) is 0 Å². The highest BCUT2D eigenvalue weighted by Gasteiger charge is 2.25. The molecule has 0 fully saturated rings. The van der Waals surface area contributed by atoms with Crippen LogP contribution in [-0.4, -0.2) is 125 Å². The first kappa shape index (κ1) is 64.1. The van der Waals surface area contributed by atoms with Crippen molar-refractivity contribution >= 4 is 105 Å². The van der Waals surface area contributed by atoms with Crippen LogP contribution in [0.1, 0.15) is 68.6 Å². The average Bonchev–Trinajstić information content (AvgIpc) is 3.32. The van der Waals surface area contributed by atoms with Gasteiger partial charge in [-0.3, -0.25) is 35.3 Å². The number of hydrogen-bond donors (Lipinski definition) is 6. The number of nitrogen functional groups attached to an aromatic ring is 1. The van der Waals surface area contributed by atoms with Crippen LogP contribution in [-0.2, 0) is 29.5 Å². The number of nitro groups is 3. The molecule has 7 N–H and O–H groups in total. The third kappa shape index (κ3) is 17.3. The zero-order chi connectivity index (χ0) is 59.4. The molecule has 0 bridgehead atoms. The molecule has 6 rings (SSSR count). The molecule has 410 valence electrons. The number of carbonyl (C=O) groups is 5. The van der Waals surface area contributed by atoms with E-state index in [1.54, 1.807) is 20.1 Å². The molecule has 0 unspecified atom stereocenters. The standard InChI is InChI=1S/C14H15NO4S.C8H7NO6S.C8H9NO4S.C8H7NO4S.C7H4FNO4/c1-7-8(2)12-10(14(16)17)5-6-11(20(4,18)19)13(12)15-9(7)3;1-16(14,15)7-3-2-5(8(10)11)4-6(7)9(12)13;1-14(12,13)7-3-2-5(8(10)11)4-6(7)9;1-14-7-3-2-5(8(10)11)4-6(7)9(12)13;8-5-2-1-4(7(10)11)3-6(5)9(12)13/h5-6H,1-4H3,(H,16,17);2-4H,1H3,(H,10,11);2-4H,9H2,1H3,(H,10,11);2-4H,1H3,(H,10,11);1-3H,(H,10,11). The molecule has 77 heavy (non-hydrogen) atoms. The predicted octanol–water partition coefficient (Wildman–Crippen LogP) is 6.78. The maximum Gasteiger partial charge on any atom is 0.336 e. The molecule has 0 amide bonds. The first-order chi connectivity index (χ1) is 35.3. The van der Waals surface area contributed by atoms with E-state index >= 15 is 0 Å². The van der Waals surface area contributed by atoms with Gasteiger partial charge in [-0.1, -0.05) is 0 Å². The zero-order valence-electron chi connectivity index (χ0n) is 40.6. The maximum absolute atomic E-state index is 12.6. The van der Waals surface area contributed by atoms with Crippen molar-refractivity contribution in [1.82, 2.24) is 4.98 Å². The Bertz CT molecular complexity index is 3760. The normalized spacial score (nSPS) is 10.8.